The smallest absolute Gasteiger partial charge is 0.255 e. The highest BCUT2D eigenvalue weighted by atomic mass is 16.5. The number of nitrogens with one attached hydrogen (secondary N) is 1. The molecule has 0 bridgehead atoms. The van der Waals surface area contributed by atoms with Crippen LogP contribution in [0.3, 0.4) is 0 Å². The molecule has 6 heteroatoms. The lowest BCUT2D eigenvalue weighted by molar-refractivity contribution is 0.0932. The van der Waals surface area contributed by atoms with Gasteiger partial charge in [-0.1, -0.05) is 18.2 Å². The zero-order valence-electron chi connectivity index (χ0n) is 17.0. The predicted molar refractivity (Wildman–Crippen MR) is 108 cm³/mol. The summed E-state index contributed by atoms with van der Waals surface area (Å²) in [7, 11) is 1.61. The molecular weight excluding hydrogens is 358 g/mol. The van der Waals surface area contributed by atoms with E-state index >= 15 is 0 Å². The van der Waals surface area contributed by atoms with Crippen molar-refractivity contribution < 1.29 is 23.7 Å². The van der Waals surface area contributed by atoms with E-state index in [9.17, 15) is 4.79 Å². The van der Waals surface area contributed by atoms with Gasteiger partial charge in [-0.05, 0) is 50.6 Å². The van der Waals surface area contributed by atoms with Crippen molar-refractivity contribution in [1.29, 1.82) is 0 Å². The van der Waals surface area contributed by atoms with E-state index in [4.69, 9.17) is 18.9 Å². The molecule has 0 aromatic heterocycles. The summed E-state index contributed by atoms with van der Waals surface area (Å²) in [6.45, 7) is 7.72. The number of hydrogen-bond acceptors (Lipinski definition) is 5. The van der Waals surface area contributed by atoms with Gasteiger partial charge in [0.2, 0.25) is 0 Å². The number of carbonyl (C=O) groups is 1. The standard InChI is InChI=1S/C22H29NO5/c1-5-26-20-12-11-17(15-21(20)27-6-2)16(3)23-22(24)18-9-7-8-10-19(18)28-14-13-25-4/h7-12,15-16H,5-6,13-14H2,1-4H3,(H,23,24). The van der Waals surface area contributed by atoms with Crippen LogP contribution in [0.5, 0.6) is 17.2 Å². The molecule has 0 aliphatic carbocycles. The van der Waals surface area contributed by atoms with Crippen LogP contribution in [0.4, 0.5) is 0 Å². The second-order valence-electron chi connectivity index (χ2n) is 6.10. The largest absolute Gasteiger partial charge is 0.490 e. The van der Waals surface area contributed by atoms with Crippen molar-refractivity contribution in [2.75, 3.05) is 33.5 Å². The topological polar surface area (TPSA) is 66.0 Å². The van der Waals surface area contributed by atoms with Crippen molar-refractivity contribution in [3.05, 3.63) is 53.6 Å². The Morgan fingerprint density at radius 2 is 1.64 bits per heavy atom. The Bertz CT molecular complexity index is 762. The van der Waals surface area contributed by atoms with Crippen molar-refractivity contribution in [3.63, 3.8) is 0 Å². The molecule has 0 aliphatic heterocycles. The lowest BCUT2D eigenvalue weighted by Crippen LogP contribution is -2.27. The summed E-state index contributed by atoms with van der Waals surface area (Å²) in [5.74, 6) is 1.70. The van der Waals surface area contributed by atoms with E-state index in [0.717, 1.165) is 5.56 Å². The Morgan fingerprint density at radius 1 is 0.929 bits per heavy atom. The minimum absolute atomic E-state index is 0.202. The Morgan fingerprint density at radius 3 is 2.36 bits per heavy atom. The second-order valence-corrected chi connectivity index (χ2v) is 6.10. The zero-order valence-corrected chi connectivity index (χ0v) is 17.0. The van der Waals surface area contributed by atoms with Crippen LogP contribution in [0.2, 0.25) is 0 Å². The van der Waals surface area contributed by atoms with Crippen molar-refractivity contribution in [1.82, 2.24) is 5.32 Å². The van der Waals surface area contributed by atoms with Gasteiger partial charge >= 0.3 is 0 Å². The molecule has 152 valence electrons. The summed E-state index contributed by atoms with van der Waals surface area (Å²) in [5.41, 5.74) is 1.42. The maximum Gasteiger partial charge on any atom is 0.255 e. The van der Waals surface area contributed by atoms with Crippen LogP contribution in [0.25, 0.3) is 0 Å². The first-order chi connectivity index (χ1) is 13.6. The molecule has 2 aromatic carbocycles. The Labute approximate surface area is 166 Å². The molecule has 0 heterocycles. The van der Waals surface area contributed by atoms with E-state index < -0.39 is 0 Å². The van der Waals surface area contributed by atoms with E-state index in [1.807, 2.05) is 51.1 Å². The molecule has 1 N–H and O–H groups in total. The predicted octanol–water partition coefficient (Wildman–Crippen LogP) is 4.00. The van der Waals surface area contributed by atoms with Gasteiger partial charge in [0.25, 0.3) is 5.91 Å². The molecule has 0 saturated heterocycles. The van der Waals surface area contributed by atoms with E-state index in [2.05, 4.69) is 5.32 Å². The first-order valence-electron chi connectivity index (χ1n) is 9.51. The molecule has 1 atom stereocenters. The van der Waals surface area contributed by atoms with E-state index in [0.29, 0.717) is 49.2 Å². The number of amides is 1. The van der Waals surface area contributed by atoms with Gasteiger partial charge in [-0.2, -0.15) is 0 Å². The fourth-order valence-electron chi connectivity index (χ4n) is 2.71. The molecule has 2 rings (SSSR count). The fraction of sp³-hybridized carbons (Fsp3) is 0.409. The number of hydrogen-bond donors (Lipinski definition) is 1. The minimum atomic E-state index is -0.214. The highest BCUT2D eigenvalue weighted by Gasteiger charge is 2.17. The fourth-order valence-corrected chi connectivity index (χ4v) is 2.71. The van der Waals surface area contributed by atoms with Crippen LogP contribution < -0.4 is 19.5 Å². The van der Waals surface area contributed by atoms with Gasteiger partial charge < -0.3 is 24.3 Å². The number of para-hydroxylation sites is 1. The van der Waals surface area contributed by atoms with Crippen LogP contribution in [-0.2, 0) is 4.74 Å². The van der Waals surface area contributed by atoms with Crippen molar-refractivity contribution in [3.8, 4) is 17.2 Å². The van der Waals surface area contributed by atoms with Crippen LogP contribution in [0, 0.1) is 0 Å². The number of carbonyl (C=O) groups excluding carboxylic acids is 1. The van der Waals surface area contributed by atoms with Crippen LogP contribution in [0.1, 0.15) is 42.7 Å². The molecule has 0 saturated carbocycles. The van der Waals surface area contributed by atoms with E-state index in [1.165, 1.54) is 0 Å². The summed E-state index contributed by atoms with van der Waals surface area (Å²) < 4.78 is 21.9. The van der Waals surface area contributed by atoms with Gasteiger partial charge in [0.15, 0.2) is 11.5 Å². The lowest BCUT2D eigenvalue weighted by Gasteiger charge is -2.18. The van der Waals surface area contributed by atoms with Crippen LogP contribution in [0.15, 0.2) is 42.5 Å². The van der Waals surface area contributed by atoms with E-state index in [1.54, 1.807) is 19.2 Å². The second kappa shape index (κ2) is 11.2. The summed E-state index contributed by atoms with van der Waals surface area (Å²) in [6, 6.07) is 12.7. The summed E-state index contributed by atoms with van der Waals surface area (Å²) in [5, 5.41) is 3.02. The van der Waals surface area contributed by atoms with Crippen molar-refractivity contribution >= 4 is 5.91 Å². The molecular formula is C22H29NO5. The molecule has 0 spiro atoms. The third-order valence-corrected chi connectivity index (χ3v) is 4.09. The molecule has 1 unspecified atom stereocenters. The van der Waals surface area contributed by atoms with Crippen LogP contribution >= 0.6 is 0 Å². The van der Waals surface area contributed by atoms with Gasteiger partial charge in [0.05, 0.1) is 31.4 Å². The minimum Gasteiger partial charge on any atom is -0.490 e. The third kappa shape index (κ3) is 5.89. The summed E-state index contributed by atoms with van der Waals surface area (Å²) >= 11 is 0. The highest BCUT2D eigenvalue weighted by molar-refractivity contribution is 5.97. The normalized spacial score (nSPS) is 11.6. The van der Waals surface area contributed by atoms with Crippen molar-refractivity contribution in [2.24, 2.45) is 0 Å². The van der Waals surface area contributed by atoms with Crippen molar-refractivity contribution in [2.45, 2.75) is 26.8 Å². The summed E-state index contributed by atoms with van der Waals surface area (Å²) in [4.78, 5) is 12.8. The molecule has 1 amide bonds. The van der Waals surface area contributed by atoms with E-state index in [-0.39, 0.29) is 11.9 Å². The SMILES string of the molecule is CCOc1ccc(C(C)NC(=O)c2ccccc2OCCOC)cc1OCC. The molecule has 28 heavy (non-hydrogen) atoms. The maximum atomic E-state index is 12.8. The van der Waals surface area contributed by atoms with Gasteiger partial charge in [0.1, 0.15) is 12.4 Å². The average Bonchev–Trinajstić information content (AvgIpc) is 2.70. The van der Waals surface area contributed by atoms with Gasteiger partial charge in [-0.15, -0.1) is 0 Å². The molecule has 2 aromatic rings. The number of benzene rings is 2. The van der Waals surface area contributed by atoms with Gasteiger partial charge in [0, 0.05) is 7.11 Å². The number of ether oxygens (including phenoxy) is 4. The Balaban J connectivity index is 2.13. The third-order valence-electron chi connectivity index (χ3n) is 4.09. The molecule has 0 aliphatic rings. The first-order valence-corrected chi connectivity index (χ1v) is 9.51. The highest BCUT2D eigenvalue weighted by Crippen LogP contribution is 2.31. The van der Waals surface area contributed by atoms with Gasteiger partial charge in [-0.25, -0.2) is 0 Å². The average molecular weight is 387 g/mol. The molecule has 6 nitrogen and oxygen atoms in total. The molecule has 0 radical (unpaired) electrons. The first kappa shape index (κ1) is 21.6. The van der Waals surface area contributed by atoms with Crippen LogP contribution in [-0.4, -0.2) is 39.4 Å². The Kier molecular flexibility index (Phi) is 8.62. The van der Waals surface area contributed by atoms with Gasteiger partial charge in [-0.3, -0.25) is 4.79 Å². The zero-order chi connectivity index (χ0) is 20.4. The Hall–Kier alpha value is -2.73. The number of rotatable bonds is 11. The monoisotopic (exact) mass is 387 g/mol. The molecule has 0 fully saturated rings. The number of methoxy groups -OCH3 is 1. The maximum absolute atomic E-state index is 12.8. The lowest BCUT2D eigenvalue weighted by atomic mass is 10.1. The quantitative estimate of drug-likeness (QED) is 0.591. The summed E-state index contributed by atoms with van der Waals surface area (Å²) in [6.07, 6.45) is 0.